The van der Waals surface area contributed by atoms with Crippen molar-refractivity contribution in [2.45, 2.75) is 52.0 Å². The monoisotopic (exact) mass is 488 g/mol. The summed E-state index contributed by atoms with van der Waals surface area (Å²) in [7, 11) is 0. The minimum atomic E-state index is -0.573. The average Bonchev–Trinajstić information content (AvgIpc) is 2.85. The van der Waals surface area contributed by atoms with Gasteiger partial charge in [-0.05, 0) is 37.0 Å². The smallest absolute Gasteiger partial charge is 0.243 e. The van der Waals surface area contributed by atoms with Crippen LogP contribution in [-0.2, 0) is 28.3 Å². The number of amides is 2. The zero-order chi connectivity index (χ0) is 25.0. The van der Waals surface area contributed by atoms with Gasteiger partial charge < -0.3 is 10.2 Å². The summed E-state index contributed by atoms with van der Waals surface area (Å²) in [6.45, 7) is 7.15. The van der Waals surface area contributed by atoms with Crippen LogP contribution in [0.5, 0.6) is 0 Å². The van der Waals surface area contributed by atoms with E-state index < -0.39 is 6.04 Å². The van der Waals surface area contributed by atoms with Crippen LogP contribution in [0, 0.1) is 13.8 Å². The van der Waals surface area contributed by atoms with Crippen LogP contribution >= 0.6 is 11.8 Å². The Bertz CT molecular complexity index is 1100. The molecule has 0 saturated carbocycles. The predicted molar refractivity (Wildman–Crippen MR) is 146 cm³/mol. The lowest BCUT2D eigenvalue weighted by Gasteiger charge is -2.31. The van der Waals surface area contributed by atoms with Gasteiger partial charge in [-0.3, -0.25) is 9.59 Å². The molecule has 5 heteroatoms. The maximum Gasteiger partial charge on any atom is 0.243 e. The number of hydrogen-bond acceptors (Lipinski definition) is 3. The zero-order valence-electron chi connectivity index (χ0n) is 21.0. The number of carbonyl (C=O) groups is 2. The summed E-state index contributed by atoms with van der Waals surface area (Å²) in [6.07, 6.45) is 1.33. The normalized spacial score (nSPS) is 11.6. The quantitative estimate of drug-likeness (QED) is 0.356. The lowest BCUT2D eigenvalue weighted by atomic mass is 10.0. The van der Waals surface area contributed by atoms with Gasteiger partial charge in [0, 0.05) is 25.3 Å². The first kappa shape index (κ1) is 26.6. The van der Waals surface area contributed by atoms with E-state index in [2.05, 4.69) is 36.5 Å². The number of nitrogens with zero attached hydrogens (tertiary/aromatic N) is 1. The van der Waals surface area contributed by atoms with Gasteiger partial charge >= 0.3 is 0 Å². The molecule has 0 aliphatic rings. The summed E-state index contributed by atoms with van der Waals surface area (Å²) in [4.78, 5) is 28.7. The molecule has 3 aromatic carbocycles. The topological polar surface area (TPSA) is 49.4 Å². The fourth-order valence-electron chi connectivity index (χ4n) is 4.07. The van der Waals surface area contributed by atoms with Crippen LogP contribution in [0.25, 0.3) is 0 Å². The lowest BCUT2D eigenvalue weighted by Crippen LogP contribution is -2.51. The summed E-state index contributed by atoms with van der Waals surface area (Å²) in [5.41, 5.74) is 5.63. The van der Waals surface area contributed by atoms with Gasteiger partial charge in [0.1, 0.15) is 6.04 Å². The lowest BCUT2D eigenvalue weighted by molar-refractivity contribution is -0.139. The first-order chi connectivity index (χ1) is 17.0. The number of thioether (sulfide) groups is 1. The molecule has 0 bridgehead atoms. The highest BCUT2D eigenvalue weighted by molar-refractivity contribution is 7.99. The van der Waals surface area contributed by atoms with Crippen LogP contribution in [0.3, 0.4) is 0 Å². The first-order valence-corrected chi connectivity index (χ1v) is 13.4. The molecule has 184 valence electrons. The summed E-state index contributed by atoms with van der Waals surface area (Å²) in [5, 5.41) is 3.03. The van der Waals surface area contributed by atoms with E-state index in [1.54, 1.807) is 16.7 Å². The number of aryl methyl sites for hydroxylation is 2. The van der Waals surface area contributed by atoms with Crippen molar-refractivity contribution in [3.8, 4) is 0 Å². The minimum Gasteiger partial charge on any atom is -0.354 e. The maximum absolute atomic E-state index is 13.6. The molecule has 0 aliphatic carbocycles. The standard InChI is InChI=1S/C30H36N2O2S/c1-4-16-31-30(34)28(19-25-12-6-5-7-13-25)32(20-26-14-8-10-23(2)17-26)29(33)22-35-21-27-15-9-11-24(3)18-27/h5-15,17-18,28H,4,16,19-22H2,1-3H3,(H,31,34)/t28-/m1/s1. The molecule has 0 spiro atoms. The Balaban J connectivity index is 1.83. The molecule has 2 amide bonds. The van der Waals surface area contributed by atoms with Crippen molar-refractivity contribution in [2.24, 2.45) is 0 Å². The van der Waals surface area contributed by atoms with Crippen LogP contribution in [0.1, 0.15) is 41.2 Å². The summed E-state index contributed by atoms with van der Waals surface area (Å²) in [6, 6.07) is 25.9. The summed E-state index contributed by atoms with van der Waals surface area (Å²) >= 11 is 1.60. The highest BCUT2D eigenvalue weighted by Crippen LogP contribution is 2.19. The summed E-state index contributed by atoms with van der Waals surface area (Å²) < 4.78 is 0. The van der Waals surface area contributed by atoms with Crippen molar-refractivity contribution >= 4 is 23.6 Å². The molecular formula is C30H36N2O2S. The molecule has 0 aliphatic heterocycles. The Morgan fingerprint density at radius 3 is 2.14 bits per heavy atom. The largest absolute Gasteiger partial charge is 0.354 e. The van der Waals surface area contributed by atoms with Crippen molar-refractivity contribution < 1.29 is 9.59 Å². The molecule has 0 aromatic heterocycles. The second-order valence-corrected chi connectivity index (χ2v) is 9.97. The van der Waals surface area contributed by atoms with Crippen molar-refractivity contribution in [3.63, 3.8) is 0 Å². The molecule has 4 nitrogen and oxygen atoms in total. The third-order valence-electron chi connectivity index (χ3n) is 5.83. The van der Waals surface area contributed by atoms with E-state index in [0.29, 0.717) is 25.3 Å². The molecule has 0 unspecified atom stereocenters. The molecule has 1 N–H and O–H groups in total. The Kier molecular flexibility index (Phi) is 10.4. The van der Waals surface area contributed by atoms with Crippen molar-refractivity contribution in [1.29, 1.82) is 0 Å². The zero-order valence-corrected chi connectivity index (χ0v) is 21.8. The second kappa shape index (κ2) is 13.7. The fraction of sp³-hybridized carbons (Fsp3) is 0.333. The molecule has 0 fully saturated rings. The van der Waals surface area contributed by atoms with E-state index in [4.69, 9.17) is 0 Å². The molecule has 0 heterocycles. The minimum absolute atomic E-state index is 0.0169. The van der Waals surface area contributed by atoms with Crippen LogP contribution in [0.15, 0.2) is 78.9 Å². The van der Waals surface area contributed by atoms with E-state index in [9.17, 15) is 9.59 Å². The number of nitrogens with one attached hydrogen (secondary N) is 1. The SMILES string of the molecule is CCCNC(=O)[C@@H](Cc1ccccc1)N(Cc1cccc(C)c1)C(=O)CSCc1cccc(C)c1. The molecule has 3 aromatic rings. The van der Waals surface area contributed by atoms with Crippen LogP contribution in [-0.4, -0.2) is 35.1 Å². The third kappa shape index (κ3) is 8.59. The van der Waals surface area contributed by atoms with Gasteiger partial charge in [-0.1, -0.05) is 96.9 Å². The van der Waals surface area contributed by atoms with Gasteiger partial charge in [-0.15, -0.1) is 11.8 Å². The maximum atomic E-state index is 13.6. The summed E-state index contributed by atoms with van der Waals surface area (Å²) in [5.74, 6) is 0.973. The van der Waals surface area contributed by atoms with E-state index in [0.717, 1.165) is 28.9 Å². The highest BCUT2D eigenvalue weighted by Gasteiger charge is 2.30. The average molecular weight is 489 g/mol. The Morgan fingerprint density at radius 1 is 0.857 bits per heavy atom. The molecule has 3 rings (SSSR count). The van der Waals surface area contributed by atoms with Gasteiger partial charge in [0.15, 0.2) is 0 Å². The molecule has 0 saturated heterocycles. The molecule has 0 radical (unpaired) electrons. The van der Waals surface area contributed by atoms with E-state index >= 15 is 0 Å². The Labute approximate surface area is 214 Å². The van der Waals surface area contributed by atoms with E-state index in [1.165, 1.54) is 11.1 Å². The molecule has 1 atom stereocenters. The Morgan fingerprint density at radius 2 is 1.49 bits per heavy atom. The van der Waals surface area contributed by atoms with Crippen molar-refractivity contribution in [1.82, 2.24) is 10.2 Å². The van der Waals surface area contributed by atoms with Gasteiger partial charge in [-0.25, -0.2) is 0 Å². The fourth-order valence-corrected chi connectivity index (χ4v) is 4.93. The van der Waals surface area contributed by atoms with Crippen molar-refractivity contribution in [3.05, 3.63) is 107 Å². The number of hydrogen-bond donors (Lipinski definition) is 1. The van der Waals surface area contributed by atoms with Crippen LogP contribution in [0.4, 0.5) is 0 Å². The second-order valence-electron chi connectivity index (χ2n) is 8.99. The molecular weight excluding hydrogens is 452 g/mol. The van der Waals surface area contributed by atoms with E-state index in [1.807, 2.05) is 68.4 Å². The third-order valence-corrected chi connectivity index (χ3v) is 6.82. The predicted octanol–water partition coefficient (Wildman–Crippen LogP) is 5.70. The number of carbonyl (C=O) groups excluding carboxylic acids is 2. The van der Waals surface area contributed by atoms with Crippen LogP contribution < -0.4 is 5.32 Å². The Hall–Kier alpha value is -3.05. The van der Waals surface area contributed by atoms with Crippen molar-refractivity contribution in [2.75, 3.05) is 12.3 Å². The van der Waals surface area contributed by atoms with E-state index in [-0.39, 0.29) is 11.8 Å². The van der Waals surface area contributed by atoms with Gasteiger partial charge in [0.2, 0.25) is 11.8 Å². The first-order valence-electron chi connectivity index (χ1n) is 12.3. The number of benzene rings is 3. The molecule has 35 heavy (non-hydrogen) atoms. The van der Waals surface area contributed by atoms with Gasteiger partial charge in [0.05, 0.1) is 5.75 Å². The number of rotatable bonds is 12. The van der Waals surface area contributed by atoms with Gasteiger partial charge in [0.25, 0.3) is 0 Å². The van der Waals surface area contributed by atoms with Gasteiger partial charge in [-0.2, -0.15) is 0 Å². The highest BCUT2D eigenvalue weighted by atomic mass is 32.2. The van der Waals surface area contributed by atoms with Crippen LogP contribution in [0.2, 0.25) is 0 Å².